The monoisotopic (exact) mass is 492 g/mol. The van der Waals surface area contributed by atoms with E-state index in [4.69, 9.17) is 13.7 Å². The molecule has 0 aliphatic rings. The zero-order chi connectivity index (χ0) is 25.4. The predicted octanol–water partition coefficient (Wildman–Crippen LogP) is 4.72. The molecule has 0 heterocycles. The highest BCUT2D eigenvalue weighted by molar-refractivity contribution is 7.87. The summed E-state index contributed by atoms with van der Waals surface area (Å²) in [7, 11) is -2.61. The summed E-state index contributed by atoms with van der Waals surface area (Å²) in [5.41, 5.74) is 1.61. The molecule has 9 heteroatoms. The van der Waals surface area contributed by atoms with Crippen LogP contribution in [0.2, 0.25) is 0 Å². The van der Waals surface area contributed by atoms with Crippen LogP contribution in [-0.2, 0) is 14.9 Å². The second-order valence-electron chi connectivity index (χ2n) is 7.31. The highest BCUT2D eigenvalue weighted by Crippen LogP contribution is 2.32. The Morgan fingerprint density at radius 3 is 2.40 bits per heavy atom. The van der Waals surface area contributed by atoms with Crippen LogP contribution < -0.4 is 19.0 Å². The third-order valence-electron chi connectivity index (χ3n) is 4.81. The first-order valence-corrected chi connectivity index (χ1v) is 12.0. The molecule has 0 atom stereocenters. The molecule has 8 nitrogen and oxygen atoms in total. The van der Waals surface area contributed by atoms with Crippen LogP contribution in [0.15, 0.2) is 77.2 Å². The normalized spacial score (nSPS) is 11.3. The van der Waals surface area contributed by atoms with E-state index < -0.39 is 16.0 Å². The number of para-hydroxylation sites is 2. The van der Waals surface area contributed by atoms with Crippen LogP contribution in [-0.4, -0.2) is 28.0 Å². The number of nitriles is 1. The summed E-state index contributed by atoms with van der Waals surface area (Å²) >= 11 is 0. The van der Waals surface area contributed by atoms with Crippen molar-refractivity contribution >= 4 is 27.8 Å². The molecule has 180 valence electrons. The average Bonchev–Trinajstić information content (AvgIpc) is 2.84. The maximum Gasteiger partial charge on any atom is 0.339 e. The molecule has 0 aliphatic heterocycles. The van der Waals surface area contributed by atoms with Crippen LogP contribution in [0.4, 0.5) is 5.69 Å². The minimum Gasteiger partial charge on any atom is -0.495 e. The molecule has 1 amide bonds. The molecule has 35 heavy (non-hydrogen) atoms. The Kier molecular flexibility index (Phi) is 8.12. The number of carbonyl (C=O) groups is 1. The molecule has 0 bridgehead atoms. The molecule has 3 aromatic rings. The van der Waals surface area contributed by atoms with Gasteiger partial charge in [0, 0.05) is 0 Å². The van der Waals surface area contributed by atoms with Crippen molar-refractivity contribution in [3.8, 4) is 23.3 Å². The first kappa shape index (κ1) is 25.3. The van der Waals surface area contributed by atoms with Gasteiger partial charge >= 0.3 is 10.1 Å². The Morgan fingerprint density at radius 2 is 1.74 bits per heavy atom. The summed E-state index contributed by atoms with van der Waals surface area (Å²) in [6, 6.07) is 19.4. The lowest BCUT2D eigenvalue weighted by atomic mass is 10.1. The number of carbonyl (C=O) groups excluding carboxylic acids is 1. The zero-order valence-electron chi connectivity index (χ0n) is 19.4. The van der Waals surface area contributed by atoms with Crippen molar-refractivity contribution in [2.45, 2.75) is 18.7 Å². The van der Waals surface area contributed by atoms with Gasteiger partial charge in [-0.1, -0.05) is 35.9 Å². The molecule has 0 saturated heterocycles. The number of amides is 1. The summed E-state index contributed by atoms with van der Waals surface area (Å²) < 4.78 is 41.5. The third-order valence-corrected chi connectivity index (χ3v) is 6.06. The average molecular weight is 493 g/mol. The van der Waals surface area contributed by atoms with Crippen molar-refractivity contribution in [2.75, 3.05) is 19.0 Å². The molecule has 0 spiro atoms. The largest absolute Gasteiger partial charge is 0.495 e. The van der Waals surface area contributed by atoms with E-state index in [0.29, 0.717) is 17.0 Å². The van der Waals surface area contributed by atoms with Crippen molar-refractivity contribution in [3.63, 3.8) is 0 Å². The van der Waals surface area contributed by atoms with Gasteiger partial charge < -0.3 is 19.0 Å². The second-order valence-corrected chi connectivity index (χ2v) is 8.86. The van der Waals surface area contributed by atoms with Crippen molar-refractivity contribution < 1.29 is 26.9 Å². The number of methoxy groups -OCH3 is 1. The Bertz CT molecular complexity index is 1390. The number of nitrogens with one attached hydrogen (secondary N) is 1. The van der Waals surface area contributed by atoms with E-state index in [-0.39, 0.29) is 28.6 Å². The van der Waals surface area contributed by atoms with Gasteiger partial charge in [0.05, 0.1) is 19.4 Å². The van der Waals surface area contributed by atoms with Crippen molar-refractivity contribution in [2.24, 2.45) is 0 Å². The fourth-order valence-electron chi connectivity index (χ4n) is 3.08. The fraction of sp³-hybridized carbons (Fsp3) is 0.154. The summed E-state index contributed by atoms with van der Waals surface area (Å²) in [4.78, 5) is 12.7. The number of nitrogens with zero attached hydrogens (tertiary/aromatic N) is 1. The van der Waals surface area contributed by atoms with Gasteiger partial charge in [-0.05, 0) is 61.9 Å². The van der Waals surface area contributed by atoms with Gasteiger partial charge in [-0.2, -0.15) is 13.7 Å². The van der Waals surface area contributed by atoms with E-state index in [1.165, 1.54) is 43.5 Å². The molecule has 3 aromatic carbocycles. The third kappa shape index (κ3) is 6.40. The van der Waals surface area contributed by atoms with Crippen LogP contribution in [0, 0.1) is 18.3 Å². The standard InChI is InChI=1S/C26H24N2O6S/c1-4-33-25-16-19(11-14-24(25)34-35(30,31)21-12-9-18(2)10-13-21)15-20(17-27)26(29)28-22-7-5-6-8-23(22)32-3/h5-16H,4H2,1-3H3,(H,28,29)/b20-15+. The van der Waals surface area contributed by atoms with Gasteiger partial charge in [-0.15, -0.1) is 0 Å². The Balaban J connectivity index is 1.88. The SMILES string of the molecule is CCOc1cc(/C=C(\C#N)C(=O)Nc2ccccc2OC)ccc1OS(=O)(=O)c1ccc(C)cc1. The van der Waals surface area contributed by atoms with Crippen molar-refractivity contribution in [1.29, 1.82) is 5.26 Å². The lowest BCUT2D eigenvalue weighted by molar-refractivity contribution is -0.112. The summed E-state index contributed by atoms with van der Waals surface area (Å²) in [5.74, 6) is -0.0359. The minimum absolute atomic E-state index is 0.00861. The number of hydrogen-bond donors (Lipinski definition) is 1. The van der Waals surface area contributed by atoms with Crippen LogP contribution in [0.3, 0.4) is 0 Å². The van der Waals surface area contributed by atoms with E-state index in [1.807, 2.05) is 13.0 Å². The molecular formula is C26H24N2O6S. The summed E-state index contributed by atoms with van der Waals surface area (Å²) in [6.07, 6.45) is 1.37. The Hall–Kier alpha value is -4.29. The van der Waals surface area contributed by atoms with Gasteiger partial charge in [0.25, 0.3) is 5.91 Å². The van der Waals surface area contributed by atoms with E-state index in [1.54, 1.807) is 43.3 Å². The maximum atomic E-state index is 12.7. The number of hydrogen-bond acceptors (Lipinski definition) is 7. The first-order chi connectivity index (χ1) is 16.8. The quantitative estimate of drug-likeness (QED) is 0.261. The lowest BCUT2D eigenvalue weighted by Gasteiger charge is -2.13. The first-order valence-electron chi connectivity index (χ1n) is 10.6. The van der Waals surface area contributed by atoms with Gasteiger partial charge in [-0.25, -0.2) is 0 Å². The zero-order valence-corrected chi connectivity index (χ0v) is 20.3. The number of ether oxygens (including phenoxy) is 2. The minimum atomic E-state index is -4.09. The highest BCUT2D eigenvalue weighted by atomic mass is 32.2. The van der Waals surface area contributed by atoms with Crippen LogP contribution >= 0.6 is 0 Å². The van der Waals surface area contributed by atoms with Gasteiger partial charge in [-0.3, -0.25) is 4.79 Å². The number of anilines is 1. The molecule has 0 saturated carbocycles. The molecule has 0 radical (unpaired) electrons. The molecule has 3 rings (SSSR count). The topological polar surface area (TPSA) is 115 Å². The van der Waals surface area contributed by atoms with Crippen LogP contribution in [0.1, 0.15) is 18.1 Å². The number of aryl methyl sites for hydroxylation is 1. The molecule has 1 N–H and O–H groups in total. The lowest BCUT2D eigenvalue weighted by Crippen LogP contribution is -2.14. The molecule has 0 unspecified atom stereocenters. The van der Waals surface area contributed by atoms with E-state index >= 15 is 0 Å². The maximum absolute atomic E-state index is 12.7. The predicted molar refractivity (Wildman–Crippen MR) is 132 cm³/mol. The molecule has 0 aliphatic carbocycles. The Morgan fingerprint density at radius 1 is 1.03 bits per heavy atom. The summed E-state index contributed by atoms with van der Waals surface area (Å²) in [5, 5.41) is 12.2. The van der Waals surface area contributed by atoms with Gasteiger partial charge in [0.15, 0.2) is 11.5 Å². The van der Waals surface area contributed by atoms with E-state index in [2.05, 4.69) is 5.32 Å². The van der Waals surface area contributed by atoms with E-state index in [0.717, 1.165) is 5.56 Å². The summed E-state index contributed by atoms with van der Waals surface area (Å²) in [6.45, 7) is 3.83. The highest BCUT2D eigenvalue weighted by Gasteiger charge is 2.20. The smallest absolute Gasteiger partial charge is 0.339 e. The van der Waals surface area contributed by atoms with Crippen LogP contribution in [0.25, 0.3) is 6.08 Å². The second kappa shape index (κ2) is 11.2. The van der Waals surface area contributed by atoms with E-state index in [9.17, 15) is 18.5 Å². The fourth-order valence-corrected chi connectivity index (χ4v) is 4.02. The molecular weight excluding hydrogens is 468 g/mol. The van der Waals surface area contributed by atoms with Crippen molar-refractivity contribution in [3.05, 3.63) is 83.4 Å². The van der Waals surface area contributed by atoms with Crippen LogP contribution in [0.5, 0.6) is 17.2 Å². The van der Waals surface area contributed by atoms with Gasteiger partial charge in [0.1, 0.15) is 22.3 Å². The number of rotatable bonds is 9. The van der Waals surface area contributed by atoms with Crippen molar-refractivity contribution in [1.82, 2.24) is 0 Å². The number of benzene rings is 3. The molecule has 0 aromatic heterocycles. The molecule has 0 fully saturated rings. The Labute approximate surface area is 204 Å². The van der Waals surface area contributed by atoms with Gasteiger partial charge in [0.2, 0.25) is 0 Å².